The number of H-pyrrole nitrogens is 1. The van der Waals surface area contributed by atoms with Gasteiger partial charge in [0.25, 0.3) is 23.2 Å². The van der Waals surface area contributed by atoms with E-state index in [1.54, 1.807) is 30.3 Å². The number of para-hydroxylation sites is 1. The van der Waals surface area contributed by atoms with E-state index in [1.807, 2.05) is 0 Å². The number of aromatic nitrogens is 2. The van der Waals surface area contributed by atoms with Crippen molar-refractivity contribution < 1.29 is 33.5 Å². The Morgan fingerprint density at radius 2 is 1.55 bits per heavy atom. The average molecular weight is 540 g/mol. The van der Waals surface area contributed by atoms with Crippen LogP contribution >= 0.6 is 0 Å². The zero-order valence-electron chi connectivity index (χ0n) is 20.8. The third kappa shape index (κ3) is 5.41. The number of esters is 1. The number of Topliss-reactive ketones (excluding diaryl/α,β-unsaturated/α-hetero) is 2. The maximum atomic E-state index is 13.2. The summed E-state index contributed by atoms with van der Waals surface area (Å²) in [5, 5.41) is 2.17. The van der Waals surface area contributed by atoms with E-state index in [1.165, 1.54) is 42.5 Å². The summed E-state index contributed by atoms with van der Waals surface area (Å²) < 4.78 is 4.41. The van der Waals surface area contributed by atoms with E-state index in [9.17, 15) is 33.6 Å². The number of nitrogens with two attached hydrogens (primary N) is 1. The molecule has 4 rings (SSSR count). The smallest absolute Gasteiger partial charge is 0.375 e. The molecule has 0 radical (unpaired) electrons. The SMILES string of the molecule is COC(=O)C(=O)[C@H](C(=O)C(=O)Nc1ccccc1C(N)=O)c1nc2ccc(C(=O)c3ccccc3)cc2[nH]c1=O. The summed E-state index contributed by atoms with van der Waals surface area (Å²) in [5.41, 5.74) is 4.05. The van der Waals surface area contributed by atoms with Gasteiger partial charge in [0.15, 0.2) is 5.78 Å². The monoisotopic (exact) mass is 540 g/mol. The number of hydrogen-bond donors (Lipinski definition) is 3. The predicted molar refractivity (Wildman–Crippen MR) is 141 cm³/mol. The van der Waals surface area contributed by atoms with Crippen LogP contribution in [-0.2, 0) is 23.9 Å². The van der Waals surface area contributed by atoms with E-state index in [4.69, 9.17) is 5.73 Å². The number of anilines is 1. The third-order valence-corrected chi connectivity index (χ3v) is 5.87. The van der Waals surface area contributed by atoms with Gasteiger partial charge in [-0.25, -0.2) is 9.78 Å². The van der Waals surface area contributed by atoms with E-state index < -0.39 is 46.5 Å². The highest BCUT2D eigenvalue weighted by molar-refractivity contribution is 6.52. The normalized spacial score (nSPS) is 11.3. The van der Waals surface area contributed by atoms with Gasteiger partial charge in [-0.05, 0) is 30.3 Å². The number of methoxy groups -OCH3 is 1. The number of primary amides is 1. The van der Waals surface area contributed by atoms with Gasteiger partial charge in [0.2, 0.25) is 5.78 Å². The molecule has 0 aliphatic carbocycles. The van der Waals surface area contributed by atoms with Crippen molar-refractivity contribution in [3.63, 3.8) is 0 Å². The fourth-order valence-corrected chi connectivity index (χ4v) is 3.90. The lowest BCUT2D eigenvalue weighted by Gasteiger charge is -2.14. The van der Waals surface area contributed by atoms with Crippen molar-refractivity contribution >= 4 is 51.9 Å². The first-order valence-corrected chi connectivity index (χ1v) is 11.6. The molecule has 4 N–H and O–H groups in total. The second-order valence-electron chi connectivity index (χ2n) is 8.40. The summed E-state index contributed by atoms with van der Waals surface area (Å²) in [6.07, 6.45) is 0. The van der Waals surface area contributed by atoms with Crippen molar-refractivity contribution in [2.45, 2.75) is 5.92 Å². The molecule has 12 heteroatoms. The Morgan fingerprint density at radius 1 is 0.875 bits per heavy atom. The summed E-state index contributed by atoms with van der Waals surface area (Å²) in [6, 6.07) is 18.1. The number of nitrogens with zero attached hydrogens (tertiary/aromatic N) is 1. The lowest BCUT2D eigenvalue weighted by molar-refractivity contribution is -0.154. The van der Waals surface area contributed by atoms with Crippen LogP contribution in [0.4, 0.5) is 5.69 Å². The van der Waals surface area contributed by atoms with Crippen LogP contribution in [0, 0.1) is 0 Å². The van der Waals surface area contributed by atoms with Crippen LogP contribution in [0.25, 0.3) is 11.0 Å². The summed E-state index contributed by atoms with van der Waals surface area (Å²) in [5.74, 6) is -9.43. The molecule has 0 saturated heterocycles. The zero-order chi connectivity index (χ0) is 29.0. The van der Waals surface area contributed by atoms with Crippen LogP contribution in [0.2, 0.25) is 0 Å². The molecule has 0 aliphatic rings. The van der Waals surface area contributed by atoms with Crippen molar-refractivity contribution in [1.82, 2.24) is 9.97 Å². The largest absolute Gasteiger partial charge is 0.463 e. The van der Waals surface area contributed by atoms with Gasteiger partial charge in [0.1, 0.15) is 11.6 Å². The van der Waals surface area contributed by atoms with Crippen LogP contribution in [0.1, 0.15) is 37.9 Å². The quantitative estimate of drug-likeness (QED) is 0.121. The molecule has 1 atom stereocenters. The number of carbonyl (C=O) groups excluding carboxylic acids is 6. The highest BCUT2D eigenvalue weighted by atomic mass is 16.5. The van der Waals surface area contributed by atoms with Crippen LogP contribution in [0.15, 0.2) is 77.6 Å². The first-order chi connectivity index (χ1) is 19.1. The number of benzene rings is 3. The first kappa shape index (κ1) is 27.3. The Kier molecular flexibility index (Phi) is 7.71. The van der Waals surface area contributed by atoms with Gasteiger partial charge >= 0.3 is 5.97 Å². The third-order valence-electron chi connectivity index (χ3n) is 5.87. The Morgan fingerprint density at radius 3 is 2.23 bits per heavy atom. The Bertz CT molecular complexity index is 1760. The van der Waals surface area contributed by atoms with Crippen LogP contribution in [0.5, 0.6) is 0 Å². The standard InChI is InChI=1S/C28H20N4O8/c1-40-28(39)24(35)20(23(34)27(38)31-17-10-6-5-9-16(17)25(29)36)21-26(37)32-19-13-15(11-12-18(19)30-21)22(33)14-7-3-2-4-8-14/h2-13,20H,1H3,(H2,29,36)(H,31,38)(H,32,37)/t20-/m0/s1. The molecule has 0 unspecified atom stereocenters. The molecule has 0 spiro atoms. The van der Waals surface area contributed by atoms with Gasteiger partial charge in [-0.2, -0.15) is 0 Å². The fraction of sp³-hybridized carbons (Fsp3) is 0.0714. The number of amides is 2. The lowest BCUT2D eigenvalue weighted by atomic mass is 9.94. The molecule has 3 aromatic carbocycles. The summed E-state index contributed by atoms with van der Waals surface area (Å²) >= 11 is 0. The number of ketones is 3. The van der Waals surface area contributed by atoms with Crippen molar-refractivity contribution in [2.75, 3.05) is 12.4 Å². The van der Waals surface area contributed by atoms with Crippen LogP contribution in [-0.4, -0.2) is 52.2 Å². The minimum absolute atomic E-state index is 0.0640. The predicted octanol–water partition coefficient (Wildman–Crippen LogP) is 1.29. The van der Waals surface area contributed by atoms with E-state index in [0.29, 0.717) is 5.56 Å². The van der Waals surface area contributed by atoms with Crippen molar-refractivity contribution in [3.8, 4) is 0 Å². The molecule has 200 valence electrons. The van der Waals surface area contributed by atoms with Gasteiger partial charge in [0.05, 0.1) is 29.4 Å². The summed E-state index contributed by atoms with van der Waals surface area (Å²) in [7, 11) is 0.883. The topological polar surface area (TPSA) is 195 Å². The highest BCUT2D eigenvalue weighted by Crippen LogP contribution is 2.21. The molecule has 4 aromatic rings. The molecule has 1 aromatic heterocycles. The van der Waals surface area contributed by atoms with Crippen molar-refractivity contribution in [2.24, 2.45) is 5.73 Å². The van der Waals surface area contributed by atoms with Gasteiger partial charge in [0, 0.05) is 11.1 Å². The second-order valence-corrected chi connectivity index (χ2v) is 8.40. The van der Waals surface area contributed by atoms with Crippen molar-refractivity contribution in [1.29, 1.82) is 0 Å². The molecule has 12 nitrogen and oxygen atoms in total. The number of aromatic amines is 1. The molecule has 0 fully saturated rings. The molecule has 40 heavy (non-hydrogen) atoms. The van der Waals surface area contributed by atoms with Crippen molar-refractivity contribution in [3.05, 3.63) is 106 Å². The minimum atomic E-state index is -2.27. The van der Waals surface area contributed by atoms with Crippen LogP contribution in [0.3, 0.4) is 0 Å². The molecule has 0 bridgehead atoms. The summed E-state index contributed by atoms with van der Waals surface area (Å²) in [4.78, 5) is 95.0. The Labute approximate surface area is 225 Å². The lowest BCUT2D eigenvalue weighted by Crippen LogP contribution is -2.39. The number of nitrogens with one attached hydrogen (secondary N) is 2. The molecule has 0 aliphatic heterocycles. The van der Waals surface area contributed by atoms with E-state index in [-0.39, 0.29) is 33.6 Å². The Balaban J connectivity index is 1.74. The summed E-state index contributed by atoms with van der Waals surface area (Å²) in [6.45, 7) is 0. The van der Waals surface area contributed by atoms with Gasteiger partial charge < -0.3 is 20.8 Å². The zero-order valence-corrected chi connectivity index (χ0v) is 20.8. The Hall–Kier alpha value is -5.78. The van der Waals surface area contributed by atoms with Crippen LogP contribution < -0.4 is 16.6 Å². The molecular weight excluding hydrogens is 520 g/mol. The molecule has 0 saturated carbocycles. The number of rotatable bonds is 9. The van der Waals surface area contributed by atoms with Gasteiger partial charge in [-0.3, -0.25) is 28.8 Å². The number of fused-ring (bicyclic) bond motifs is 1. The maximum Gasteiger partial charge on any atom is 0.375 e. The second kappa shape index (κ2) is 11.3. The molecule has 2 amide bonds. The van der Waals surface area contributed by atoms with E-state index >= 15 is 0 Å². The number of hydrogen-bond acceptors (Lipinski definition) is 9. The minimum Gasteiger partial charge on any atom is -0.463 e. The first-order valence-electron chi connectivity index (χ1n) is 11.6. The fourth-order valence-electron chi connectivity index (χ4n) is 3.90. The highest BCUT2D eigenvalue weighted by Gasteiger charge is 2.40. The van der Waals surface area contributed by atoms with E-state index in [2.05, 4.69) is 20.0 Å². The maximum absolute atomic E-state index is 13.2. The van der Waals surface area contributed by atoms with Gasteiger partial charge in [-0.1, -0.05) is 42.5 Å². The number of ether oxygens (including phenoxy) is 1. The number of carbonyl (C=O) groups is 6. The molecule has 1 heterocycles. The molecular formula is C28H20N4O8. The average Bonchev–Trinajstić information content (AvgIpc) is 2.96. The van der Waals surface area contributed by atoms with Gasteiger partial charge in [-0.15, -0.1) is 0 Å². The van der Waals surface area contributed by atoms with E-state index in [0.717, 1.165) is 7.11 Å².